The highest BCUT2D eigenvalue weighted by atomic mass is 35.5. The summed E-state index contributed by atoms with van der Waals surface area (Å²) in [5.41, 5.74) is 4.15. The first kappa shape index (κ1) is 20.1. The highest BCUT2D eigenvalue weighted by molar-refractivity contribution is 7.23. The van der Waals surface area contributed by atoms with Crippen molar-refractivity contribution < 1.29 is 4.79 Å². The molecule has 2 aromatic carbocycles. The number of aryl methyl sites for hydroxylation is 2. The van der Waals surface area contributed by atoms with Gasteiger partial charge in [-0.05, 0) is 48.7 Å². The molecule has 0 aliphatic rings. The van der Waals surface area contributed by atoms with E-state index in [-0.39, 0.29) is 5.91 Å². The van der Waals surface area contributed by atoms with E-state index in [0.29, 0.717) is 21.6 Å². The number of hydrogen-bond donors (Lipinski definition) is 0. The smallest absolute Gasteiger partial charge is 0.272 e. The molecule has 0 aliphatic carbocycles. The van der Waals surface area contributed by atoms with Crippen molar-refractivity contribution in [3.63, 3.8) is 0 Å². The Morgan fingerprint density at radius 2 is 1.94 bits per heavy atom. The van der Waals surface area contributed by atoms with Crippen molar-refractivity contribution in [1.82, 2.24) is 9.97 Å². The third-order valence-corrected chi connectivity index (χ3v) is 7.97. The molecule has 3 heterocycles. The number of fused-ring (bicyclic) bond motifs is 2. The minimum absolute atomic E-state index is 0.150. The quantitative estimate of drug-likeness (QED) is 0.287. The number of halogens is 1. The van der Waals surface area contributed by atoms with Gasteiger partial charge in [-0.25, -0.2) is 4.98 Å². The Labute approximate surface area is 192 Å². The number of nitrogens with zero attached hydrogens (tertiary/aromatic N) is 3. The summed E-state index contributed by atoms with van der Waals surface area (Å²) in [6.07, 6.45) is 3.50. The number of amides is 1. The summed E-state index contributed by atoms with van der Waals surface area (Å²) in [5, 5.41) is 2.05. The second-order valence-corrected chi connectivity index (χ2v) is 9.83. The molecule has 0 N–H and O–H groups in total. The van der Waals surface area contributed by atoms with Gasteiger partial charge in [0, 0.05) is 22.5 Å². The second kappa shape index (κ2) is 8.04. The van der Waals surface area contributed by atoms with Crippen LogP contribution in [0.3, 0.4) is 0 Å². The summed E-state index contributed by atoms with van der Waals surface area (Å²) in [6, 6.07) is 15.8. The number of aromatic nitrogens is 2. The fourth-order valence-corrected chi connectivity index (χ4v) is 6.13. The molecule has 0 radical (unpaired) electrons. The second-order valence-electron chi connectivity index (χ2n) is 7.42. The molecule has 0 aliphatic heterocycles. The number of rotatable bonds is 4. The molecular formula is C24H18ClN3OS2. The van der Waals surface area contributed by atoms with Crippen LogP contribution in [0.4, 0.5) is 5.13 Å². The summed E-state index contributed by atoms with van der Waals surface area (Å²) in [5.74, 6) is -0.150. The molecule has 1 amide bonds. The van der Waals surface area contributed by atoms with Crippen LogP contribution in [-0.2, 0) is 6.54 Å². The van der Waals surface area contributed by atoms with E-state index in [1.165, 1.54) is 22.7 Å². The summed E-state index contributed by atoms with van der Waals surface area (Å²) in [6.45, 7) is 4.50. The summed E-state index contributed by atoms with van der Waals surface area (Å²) in [4.78, 5) is 25.0. The molecule has 0 fully saturated rings. The van der Waals surface area contributed by atoms with Crippen molar-refractivity contribution in [2.75, 3.05) is 4.90 Å². The van der Waals surface area contributed by atoms with Gasteiger partial charge in [0.1, 0.15) is 4.88 Å². The molecule has 0 unspecified atom stereocenters. The zero-order valence-electron chi connectivity index (χ0n) is 16.9. The first-order chi connectivity index (χ1) is 15.0. The molecule has 3 aromatic heterocycles. The van der Waals surface area contributed by atoms with Gasteiger partial charge in [-0.3, -0.25) is 14.7 Å². The van der Waals surface area contributed by atoms with Crippen molar-refractivity contribution in [2.45, 2.75) is 20.4 Å². The highest BCUT2D eigenvalue weighted by Gasteiger charge is 2.26. The van der Waals surface area contributed by atoms with E-state index in [2.05, 4.69) is 31.0 Å². The molecule has 154 valence electrons. The van der Waals surface area contributed by atoms with Gasteiger partial charge >= 0.3 is 0 Å². The molecule has 0 spiro atoms. The Kier molecular flexibility index (Phi) is 5.22. The van der Waals surface area contributed by atoms with Crippen LogP contribution in [0.1, 0.15) is 26.4 Å². The van der Waals surface area contributed by atoms with Crippen molar-refractivity contribution in [3.05, 3.63) is 87.5 Å². The van der Waals surface area contributed by atoms with Gasteiger partial charge in [-0.15, -0.1) is 11.3 Å². The lowest BCUT2D eigenvalue weighted by atomic mass is 10.1. The third kappa shape index (κ3) is 3.71. The number of anilines is 1. The van der Waals surface area contributed by atoms with Crippen molar-refractivity contribution >= 4 is 65.6 Å². The van der Waals surface area contributed by atoms with Gasteiger partial charge in [-0.2, -0.15) is 0 Å². The van der Waals surface area contributed by atoms with Crippen molar-refractivity contribution in [3.8, 4) is 0 Å². The molecule has 5 aromatic rings. The molecule has 4 nitrogen and oxygen atoms in total. The lowest BCUT2D eigenvalue weighted by molar-refractivity contribution is 0.0989. The summed E-state index contributed by atoms with van der Waals surface area (Å²) in [7, 11) is 0. The normalized spacial score (nSPS) is 11.3. The van der Waals surface area contributed by atoms with Crippen LogP contribution in [0.25, 0.3) is 20.3 Å². The topological polar surface area (TPSA) is 46.1 Å². The zero-order valence-corrected chi connectivity index (χ0v) is 19.3. The van der Waals surface area contributed by atoms with Gasteiger partial charge in [0.15, 0.2) is 5.13 Å². The predicted molar refractivity (Wildman–Crippen MR) is 131 cm³/mol. The minimum atomic E-state index is -0.150. The summed E-state index contributed by atoms with van der Waals surface area (Å²) >= 11 is 9.59. The maximum Gasteiger partial charge on any atom is 0.272 e. The molecule has 31 heavy (non-hydrogen) atoms. The molecule has 5 rings (SSSR count). The van der Waals surface area contributed by atoms with E-state index in [4.69, 9.17) is 16.6 Å². The lowest BCUT2D eigenvalue weighted by Gasteiger charge is -2.19. The Balaban J connectivity index is 1.64. The number of pyridine rings is 1. The largest absolute Gasteiger partial charge is 0.279 e. The molecular weight excluding hydrogens is 446 g/mol. The monoisotopic (exact) mass is 463 g/mol. The number of carbonyl (C=O) groups is 1. The average Bonchev–Trinajstić information content (AvgIpc) is 3.34. The number of benzene rings is 2. The minimum Gasteiger partial charge on any atom is -0.279 e. The van der Waals surface area contributed by atoms with E-state index < -0.39 is 0 Å². The molecule has 0 saturated carbocycles. The molecule has 0 atom stereocenters. The van der Waals surface area contributed by atoms with Crippen LogP contribution in [0, 0.1) is 13.8 Å². The Morgan fingerprint density at radius 1 is 1.10 bits per heavy atom. The van der Waals surface area contributed by atoms with Crippen LogP contribution in [-0.4, -0.2) is 15.9 Å². The number of hydrogen-bond acceptors (Lipinski definition) is 5. The average molecular weight is 464 g/mol. The van der Waals surface area contributed by atoms with Gasteiger partial charge in [0.25, 0.3) is 5.91 Å². The van der Waals surface area contributed by atoms with Crippen LogP contribution in [0.2, 0.25) is 5.02 Å². The Morgan fingerprint density at radius 3 is 2.71 bits per heavy atom. The zero-order chi connectivity index (χ0) is 21.5. The SMILES string of the molecule is Cc1cc(C)c2sc(N(Cc3cccnc3)C(=O)c3sc4ccccc4c3Cl)nc2c1. The highest BCUT2D eigenvalue weighted by Crippen LogP contribution is 2.39. The van der Waals surface area contributed by atoms with Crippen LogP contribution in [0.5, 0.6) is 0 Å². The first-order valence-electron chi connectivity index (χ1n) is 9.77. The van der Waals surface area contributed by atoms with Gasteiger partial charge in [-0.1, -0.05) is 53.3 Å². The molecule has 0 bridgehead atoms. The van der Waals surface area contributed by atoms with E-state index in [9.17, 15) is 4.79 Å². The number of thiazole rings is 1. The Hall–Kier alpha value is -2.80. The predicted octanol–water partition coefficient (Wildman–Crippen LogP) is 7.02. The van der Waals surface area contributed by atoms with Crippen LogP contribution >= 0.6 is 34.3 Å². The standard InChI is InChI=1S/C24H18ClN3OS2/c1-14-10-15(2)21-18(11-14)27-24(31-21)28(13-16-6-5-9-26-12-16)23(29)22-20(25)17-7-3-4-8-19(17)30-22/h3-12H,13H2,1-2H3. The molecule has 7 heteroatoms. The van der Waals surface area contributed by atoms with E-state index in [1.54, 1.807) is 17.3 Å². The van der Waals surface area contributed by atoms with Gasteiger partial charge in [0.2, 0.25) is 0 Å². The van der Waals surface area contributed by atoms with E-state index >= 15 is 0 Å². The van der Waals surface area contributed by atoms with E-state index in [1.807, 2.05) is 36.4 Å². The Bertz CT molecular complexity index is 1430. The number of thiophene rings is 1. The fourth-order valence-electron chi connectivity index (χ4n) is 3.66. The number of carbonyl (C=O) groups excluding carboxylic acids is 1. The lowest BCUT2D eigenvalue weighted by Crippen LogP contribution is -2.30. The van der Waals surface area contributed by atoms with Crippen molar-refractivity contribution in [2.24, 2.45) is 0 Å². The first-order valence-corrected chi connectivity index (χ1v) is 11.8. The summed E-state index contributed by atoms with van der Waals surface area (Å²) < 4.78 is 2.08. The maximum absolute atomic E-state index is 13.8. The maximum atomic E-state index is 13.8. The van der Waals surface area contributed by atoms with E-state index in [0.717, 1.165) is 37.0 Å². The third-order valence-electron chi connectivity index (χ3n) is 5.08. The molecule has 0 saturated heterocycles. The van der Waals surface area contributed by atoms with Crippen LogP contribution in [0.15, 0.2) is 60.9 Å². The van der Waals surface area contributed by atoms with Gasteiger partial charge in [0.05, 0.1) is 21.8 Å². The van der Waals surface area contributed by atoms with Gasteiger partial charge < -0.3 is 0 Å². The van der Waals surface area contributed by atoms with Crippen LogP contribution < -0.4 is 4.90 Å². The van der Waals surface area contributed by atoms with Crippen molar-refractivity contribution in [1.29, 1.82) is 0 Å². The fraction of sp³-hybridized carbons (Fsp3) is 0.125.